The van der Waals surface area contributed by atoms with E-state index in [1.54, 1.807) is 0 Å². The van der Waals surface area contributed by atoms with Crippen LogP contribution < -0.4 is 5.32 Å². The predicted molar refractivity (Wildman–Crippen MR) is 73.9 cm³/mol. The zero-order valence-corrected chi connectivity index (χ0v) is 11.5. The first-order chi connectivity index (χ1) is 10.1. The summed E-state index contributed by atoms with van der Waals surface area (Å²) in [5.74, 6) is -2.65. The number of hydrogen-bond acceptors (Lipinski definition) is 2. The third-order valence-corrected chi connectivity index (χ3v) is 3.83. The summed E-state index contributed by atoms with van der Waals surface area (Å²) in [7, 11) is 0. The van der Waals surface area contributed by atoms with E-state index < -0.39 is 17.5 Å². The van der Waals surface area contributed by atoms with Crippen molar-refractivity contribution in [1.82, 2.24) is 9.55 Å². The van der Waals surface area contributed by atoms with Crippen LogP contribution in [0.3, 0.4) is 0 Å². The first kappa shape index (κ1) is 14.0. The molecule has 0 unspecified atom stereocenters. The van der Waals surface area contributed by atoms with Gasteiger partial charge < -0.3 is 5.32 Å². The molecule has 3 nitrogen and oxygen atoms in total. The second-order valence-corrected chi connectivity index (χ2v) is 5.32. The molecule has 1 heterocycles. The minimum Gasteiger partial charge on any atom is -0.353 e. The molecule has 2 aromatic rings. The Balaban J connectivity index is 1.89. The molecule has 112 valence electrons. The molecule has 3 rings (SSSR count). The molecule has 1 aliphatic carbocycles. The van der Waals surface area contributed by atoms with Gasteiger partial charge in [0, 0.05) is 30.6 Å². The topological polar surface area (TPSA) is 29.9 Å². The van der Waals surface area contributed by atoms with Crippen LogP contribution in [0, 0.1) is 17.5 Å². The van der Waals surface area contributed by atoms with Crippen LogP contribution in [0.5, 0.6) is 0 Å². The van der Waals surface area contributed by atoms with Gasteiger partial charge >= 0.3 is 0 Å². The summed E-state index contributed by atoms with van der Waals surface area (Å²) in [5.41, 5.74) is -0.0512. The van der Waals surface area contributed by atoms with E-state index >= 15 is 0 Å². The fourth-order valence-corrected chi connectivity index (χ4v) is 2.73. The van der Waals surface area contributed by atoms with Gasteiger partial charge in [-0.15, -0.1) is 0 Å². The summed E-state index contributed by atoms with van der Waals surface area (Å²) < 4.78 is 41.6. The van der Waals surface area contributed by atoms with Crippen LogP contribution in [0.2, 0.25) is 0 Å². The van der Waals surface area contributed by atoms with Crippen LogP contribution in [-0.4, -0.2) is 15.6 Å². The minimum atomic E-state index is -1.20. The average molecular weight is 295 g/mol. The van der Waals surface area contributed by atoms with Gasteiger partial charge in [-0.05, 0) is 12.8 Å². The standard InChI is InChI=1S/C15H16F3N3/c16-11-8-13(18)14(9-12(11)17)21-7-6-19-15(21)20-10-4-2-1-3-5-10/h6-10H,1-5H2,(H,19,20). The number of aromatic nitrogens is 2. The van der Waals surface area contributed by atoms with E-state index in [0.717, 1.165) is 31.7 Å². The predicted octanol–water partition coefficient (Wildman–Crippen LogP) is 4.03. The summed E-state index contributed by atoms with van der Waals surface area (Å²) in [5, 5.41) is 3.26. The van der Waals surface area contributed by atoms with Gasteiger partial charge in [-0.3, -0.25) is 4.57 Å². The molecule has 0 atom stereocenters. The number of imidazole rings is 1. The Bertz CT molecular complexity index is 633. The Morgan fingerprint density at radius 2 is 1.71 bits per heavy atom. The maximum atomic E-state index is 13.9. The van der Waals surface area contributed by atoms with Gasteiger partial charge in [-0.25, -0.2) is 18.2 Å². The summed E-state index contributed by atoms with van der Waals surface area (Å²) in [4.78, 5) is 4.15. The lowest BCUT2D eigenvalue weighted by Gasteiger charge is -2.23. The largest absolute Gasteiger partial charge is 0.353 e. The lowest BCUT2D eigenvalue weighted by atomic mass is 9.96. The van der Waals surface area contributed by atoms with Crippen molar-refractivity contribution in [3.8, 4) is 5.69 Å². The Morgan fingerprint density at radius 3 is 2.48 bits per heavy atom. The minimum absolute atomic E-state index is 0.0512. The van der Waals surface area contributed by atoms with Gasteiger partial charge in [0.1, 0.15) is 5.82 Å². The van der Waals surface area contributed by atoms with Crippen molar-refractivity contribution >= 4 is 5.95 Å². The van der Waals surface area contributed by atoms with Crippen molar-refractivity contribution in [2.24, 2.45) is 0 Å². The number of hydrogen-bond donors (Lipinski definition) is 1. The lowest BCUT2D eigenvalue weighted by molar-refractivity contribution is 0.460. The number of halogens is 3. The molecule has 0 bridgehead atoms. The van der Waals surface area contributed by atoms with Crippen molar-refractivity contribution in [2.75, 3.05) is 5.32 Å². The summed E-state index contributed by atoms with van der Waals surface area (Å²) in [6, 6.07) is 1.68. The van der Waals surface area contributed by atoms with Crippen LogP contribution in [0.1, 0.15) is 32.1 Å². The third-order valence-electron chi connectivity index (χ3n) is 3.83. The van der Waals surface area contributed by atoms with Crippen LogP contribution in [0.4, 0.5) is 19.1 Å². The summed E-state index contributed by atoms with van der Waals surface area (Å²) in [6.45, 7) is 0. The lowest BCUT2D eigenvalue weighted by Crippen LogP contribution is -2.24. The highest BCUT2D eigenvalue weighted by Crippen LogP contribution is 2.24. The van der Waals surface area contributed by atoms with E-state index in [2.05, 4.69) is 10.3 Å². The molecule has 1 N–H and O–H groups in total. The molecule has 1 aliphatic rings. The Hall–Kier alpha value is -1.98. The number of rotatable bonds is 3. The molecule has 1 saturated carbocycles. The van der Waals surface area contributed by atoms with Crippen LogP contribution >= 0.6 is 0 Å². The van der Waals surface area contributed by atoms with Gasteiger partial charge in [0.05, 0.1) is 5.69 Å². The van der Waals surface area contributed by atoms with Crippen molar-refractivity contribution < 1.29 is 13.2 Å². The quantitative estimate of drug-likeness (QED) is 0.866. The van der Waals surface area contributed by atoms with Gasteiger partial charge in [0.2, 0.25) is 5.95 Å². The molecule has 1 fully saturated rings. The highest BCUT2D eigenvalue weighted by molar-refractivity contribution is 5.43. The molecule has 0 saturated heterocycles. The molecule has 21 heavy (non-hydrogen) atoms. The molecule has 0 amide bonds. The molecular weight excluding hydrogens is 279 g/mol. The average Bonchev–Trinajstić information content (AvgIpc) is 2.92. The van der Waals surface area contributed by atoms with E-state index in [1.165, 1.54) is 23.4 Å². The van der Waals surface area contributed by atoms with E-state index in [4.69, 9.17) is 0 Å². The summed E-state index contributed by atoms with van der Waals surface area (Å²) in [6.07, 6.45) is 8.63. The van der Waals surface area contributed by atoms with Crippen LogP contribution in [-0.2, 0) is 0 Å². The molecule has 0 aliphatic heterocycles. The molecule has 6 heteroatoms. The Kier molecular flexibility index (Phi) is 3.86. The molecular formula is C15H16F3N3. The maximum absolute atomic E-state index is 13.9. The highest BCUT2D eigenvalue weighted by atomic mass is 19.2. The van der Waals surface area contributed by atoms with E-state index in [9.17, 15) is 13.2 Å². The van der Waals surface area contributed by atoms with Crippen molar-refractivity contribution in [2.45, 2.75) is 38.1 Å². The van der Waals surface area contributed by atoms with E-state index in [-0.39, 0.29) is 11.7 Å². The van der Waals surface area contributed by atoms with Crippen LogP contribution in [0.15, 0.2) is 24.5 Å². The second kappa shape index (κ2) is 5.79. The van der Waals surface area contributed by atoms with Crippen LogP contribution in [0.25, 0.3) is 5.69 Å². The third kappa shape index (κ3) is 2.89. The van der Waals surface area contributed by atoms with E-state index in [1.807, 2.05) is 0 Å². The first-order valence-electron chi connectivity index (χ1n) is 7.10. The van der Waals surface area contributed by atoms with Crippen molar-refractivity contribution in [1.29, 1.82) is 0 Å². The summed E-state index contributed by atoms with van der Waals surface area (Å²) >= 11 is 0. The first-order valence-corrected chi connectivity index (χ1v) is 7.10. The molecule has 1 aromatic heterocycles. The number of nitrogens with one attached hydrogen (secondary N) is 1. The van der Waals surface area contributed by atoms with Gasteiger partial charge in [0.15, 0.2) is 11.6 Å². The Labute approximate surface area is 120 Å². The SMILES string of the molecule is Fc1cc(F)c(-n2ccnc2NC2CCCCC2)cc1F. The fraction of sp³-hybridized carbons (Fsp3) is 0.400. The van der Waals surface area contributed by atoms with E-state index in [0.29, 0.717) is 12.0 Å². The van der Waals surface area contributed by atoms with Crippen molar-refractivity contribution in [3.63, 3.8) is 0 Å². The highest BCUT2D eigenvalue weighted by Gasteiger charge is 2.18. The smallest absolute Gasteiger partial charge is 0.207 e. The van der Waals surface area contributed by atoms with Gasteiger partial charge in [-0.1, -0.05) is 19.3 Å². The normalized spacial score (nSPS) is 16.1. The maximum Gasteiger partial charge on any atom is 0.207 e. The molecule has 1 aromatic carbocycles. The molecule has 0 radical (unpaired) electrons. The number of nitrogens with zero attached hydrogens (tertiary/aromatic N) is 2. The molecule has 0 spiro atoms. The van der Waals surface area contributed by atoms with Gasteiger partial charge in [-0.2, -0.15) is 0 Å². The van der Waals surface area contributed by atoms with Crippen molar-refractivity contribution in [3.05, 3.63) is 42.0 Å². The zero-order valence-electron chi connectivity index (χ0n) is 11.5. The monoisotopic (exact) mass is 295 g/mol. The number of anilines is 1. The second-order valence-electron chi connectivity index (χ2n) is 5.32. The number of benzene rings is 1. The van der Waals surface area contributed by atoms with Gasteiger partial charge in [0.25, 0.3) is 0 Å². The fourth-order valence-electron chi connectivity index (χ4n) is 2.73. The zero-order chi connectivity index (χ0) is 14.8. The Morgan fingerprint density at radius 1 is 1.00 bits per heavy atom.